The molecule has 0 aliphatic rings. The summed E-state index contributed by atoms with van der Waals surface area (Å²) in [6.45, 7) is 5.66. The highest BCUT2D eigenvalue weighted by molar-refractivity contribution is 7.99. The molecule has 3 rings (SSSR count). The molecule has 5 heteroatoms. The lowest BCUT2D eigenvalue weighted by molar-refractivity contribution is -0.114. The third kappa shape index (κ3) is 5.24. The fraction of sp³-hybridized carbons (Fsp3) is 0.130. The van der Waals surface area contributed by atoms with Gasteiger partial charge in [-0.15, -0.1) is 0 Å². The van der Waals surface area contributed by atoms with Gasteiger partial charge in [-0.3, -0.25) is 9.59 Å². The van der Waals surface area contributed by atoms with Gasteiger partial charge in [0.2, 0.25) is 5.91 Å². The van der Waals surface area contributed by atoms with Crippen molar-refractivity contribution in [1.29, 1.82) is 0 Å². The molecular formula is C23H22N2O2S. The standard InChI is InChI=1S/C23H22N2O2S/c1-15-4-11-22(14-16(15)2)28-21-12-9-20(10-13-21)25-23(27)18-5-7-19(8-6-18)24-17(3)26/h4-14H,1-3H3,(H,24,26)(H,25,27). The molecule has 0 atom stereocenters. The fourth-order valence-electron chi connectivity index (χ4n) is 2.63. The molecule has 0 saturated carbocycles. The second kappa shape index (κ2) is 8.76. The first-order chi connectivity index (χ1) is 13.4. The van der Waals surface area contributed by atoms with Crippen LogP contribution in [0.25, 0.3) is 0 Å². The van der Waals surface area contributed by atoms with Gasteiger partial charge in [-0.25, -0.2) is 0 Å². The summed E-state index contributed by atoms with van der Waals surface area (Å²) in [5.41, 5.74) is 4.49. The molecule has 4 nitrogen and oxygen atoms in total. The Hall–Kier alpha value is -3.05. The van der Waals surface area contributed by atoms with Crippen molar-refractivity contribution in [3.8, 4) is 0 Å². The van der Waals surface area contributed by atoms with Crippen LogP contribution in [0, 0.1) is 13.8 Å². The lowest BCUT2D eigenvalue weighted by Crippen LogP contribution is -2.12. The third-order valence-corrected chi connectivity index (χ3v) is 5.29. The highest BCUT2D eigenvalue weighted by Crippen LogP contribution is 2.30. The minimum atomic E-state index is -0.191. The van der Waals surface area contributed by atoms with Crippen LogP contribution in [0.1, 0.15) is 28.4 Å². The van der Waals surface area contributed by atoms with Crippen LogP contribution in [0.3, 0.4) is 0 Å². The van der Waals surface area contributed by atoms with Gasteiger partial charge in [0.15, 0.2) is 0 Å². The summed E-state index contributed by atoms with van der Waals surface area (Å²) in [7, 11) is 0. The summed E-state index contributed by atoms with van der Waals surface area (Å²) in [5, 5.41) is 5.57. The fourth-order valence-corrected chi connectivity index (χ4v) is 3.55. The largest absolute Gasteiger partial charge is 0.326 e. The zero-order chi connectivity index (χ0) is 20.1. The maximum atomic E-state index is 12.4. The van der Waals surface area contributed by atoms with Gasteiger partial charge in [0.1, 0.15) is 0 Å². The number of benzene rings is 3. The summed E-state index contributed by atoms with van der Waals surface area (Å²) in [5.74, 6) is -0.333. The van der Waals surface area contributed by atoms with E-state index in [1.807, 2.05) is 24.3 Å². The minimum absolute atomic E-state index is 0.143. The van der Waals surface area contributed by atoms with E-state index < -0.39 is 0 Å². The number of anilines is 2. The average Bonchev–Trinajstić information content (AvgIpc) is 2.66. The van der Waals surface area contributed by atoms with E-state index in [4.69, 9.17) is 0 Å². The Bertz CT molecular complexity index is 996. The first-order valence-corrected chi connectivity index (χ1v) is 9.76. The molecule has 0 heterocycles. The predicted molar refractivity (Wildman–Crippen MR) is 115 cm³/mol. The molecule has 0 radical (unpaired) electrons. The topological polar surface area (TPSA) is 58.2 Å². The molecule has 3 aromatic carbocycles. The lowest BCUT2D eigenvalue weighted by atomic mass is 10.1. The Morgan fingerprint density at radius 2 is 1.29 bits per heavy atom. The molecular weight excluding hydrogens is 368 g/mol. The first kappa shape index (κ1) is 19.7. The first-order valence-electron chi connectivity index (χ1n) is 8.95. The van der Waals surface area contributed by atoms with Gasteiger partial charge in [0.05, 0.1) is 0 Å². The summed E-state index contributed by atoms with van der Waals surface area (Å²) in [4.78, 5) is 25.8. The third-order valence-electron chi connectivity index (χ3n) is 4.29. The van der Waals surface area contributed by atoms with Gasteiger partial charge in [-0.1, -0.05) is 17.8 Å². The number of carbonyl (C=O) groups is 2. The smallest absolute Gasteiger partial charge is 0.255 e. The van der Waals surface area contributed by atoms with Gasteiger partial charge in [0.25, 0.3) is 5.91 Å². The Balaban J connectivity index is 1.62. The van der Waals surface area contributed by atoms with Crippen LogP contribution in [-0.4, -0.2) is 11.8 Å². The van der Waals surface area contributed by atoms with Crippen molar-refractivity contribution in [3.05, 3.63) is 83.4 Å². The zero-order valence-electron chi connectivity index (χ0n) is 16.1. The Morgan fingerprint density at radius 1 is 0.714 bits per heavy atom. The zero-order valence-corrected chi connectivity index (χ0v) is 16.9. The quantitative estimate of drug-likeness (QED) is 0.590. The van der Waals surface area contributed by atoms with Crippen LogP contribution in [-0.2, 0) is 4.79 Å². The van der Waals surface area contributed by atoms with Crippen LogP contribution in [0.4, 0.5) is 11.4 Å². The van der Waals surface area contributed by atoms with E-state index in [9.17, 15) is 9.59 Å². The van der Waals surface area contributed by atoms with Crippen molar-refractivity contribution in [3.63, 3.8) is 0 Å². The number of amides is 2. The molecule has 0 unspecified atom stereocenters. The maximum absolute atomic E-state index is 12.4. The Morgan fingerprint density at radius 3 is 1.89 bits per heavy atom. The molecule has 0 aromatic heterocycles. The van der Waals surface area contributed by atoms with Crippen molar-refractivity contribution in [2.24, 2.45) is 0 Å². The van der Waals surface area contributed by atoms with Crippen LogP contribution in [0.5, 0.6) is 0 Å². The van der Waals surface area contributed by atoms with E-state index >= 15 is 0 Å². The second-order valence-corrected chi connectivity index (χ2v) is 7.73. The minimum Gasteiger partial charge on any atom is -0.326 e. The number of aryl methyl sites for hydroxylation is 2. The average molecular weight is 391 g/mol. The van der Waals surface area contributed by atoms with Crippen molar-refractivity contribution in [2.75, 3.05) is 10.6 Å². The van der Waals surface area contributed by atoms with E-state index in [0.717, 1.165) is 10.6 Å². The van der Waals surface area contributed by atoms with Gasteiger partial charge < -0.3 is 10.6 Å². The second-order valence-electron chi connectivity index (χ2n) is 6.59. The van der Waals surface area contributed by atoms with Crippen LogP contribution in [0.15, 0.2) is 76.5 Å². The molecule has 0 bridgehead atoms. The summed E-state index contributed by atoms with van der Waals surface area (Å²) < 4.78 is 0. The highest BCUT2D eigenvalue weighted by atomic mass is 32.2. The number of hydrogen-bond donors (Lipinski definition) is 2. The number of nitrogens with one attached hydrogen (secondary N) is 2. The normalized spacial score (nSPS) is 10.4. The number of rotatable bonds is 5. The van der Waals surface area contributed by atoms with Crippen LogP contribution in [0.2, 0.25) is 0 Å². The summed E-state index contributed by atoms with van der Waals surface area (Å²) >= 11 is 1.69. The summed E-state index contributed by atoms with van der Waals surface area (Å²) in [6.07, 6.45) is 0. The van der Waals surface area contributed by atoms with Crippen molar-refractivity contribution in [1.82, 2.24) is 0 Å². The van der Waals surface area contributed by atoms with Gasteiger partial charge in [-0.2, -0.15) is 0 Å². The van der Waals surface area contributed by atoms with E-state index in [1.165, 1.54) is 22.9 Å². The van der Waals surface area contributed by atoms with E-state index in [-0.39, 0.29) is 11.8 Å². The molecule has 2 N–H and O–H groups in total. The molecule has 28 heavy (non-hydrogen) atoms. The van der Waals surface area contributed by atoms with Crippen molar-refractivity contribution in [2.45, 2.75) is 30.6 Å². The van der Waals surface area contributed by atoms with Gasteiger partial charge >= 0.3 is 0 Å². The molecule has 2 amide bonds. The predicted octanol–water partition coefficient (Wildman–Crippen LogP) is 5.67. The lowest BCUT2D eigenvalue weighted by Gasteiger charge is -2.08. The van der Waals surface area contributed by atoms with E-state index in [0.29, 0.717) is 11.3 Å². The van der Waals surface area contributed by atoms with Crippen molar-refractivity contribution >= 4 is 35.0 Å². The van der Waals surface area contributed by atoms with E-state index in [1.54, 1.807) is 36.0 Å². The summed E-state index contributed by atoms with van der Waals surface area (Å²) in [6, 6.07) is 21.0. The van der Waals surface area contributed by atoms with Crippen molar-refractivity contribution < 1.29 is 9.59 Å². The molecule has 3 aromatic rings. The number of hydrogen-bond acceptors (Lipinski definition) is 3. The SMILES string of the molecule is CC(=O)Nc1ccc(C(=O)Nc2ccc(Sc3ccc(C)c(C)c3)cc2)cc1. The molecule has 0 spiro atoms. The molecule has 0 saturated heterocycles. The molecule has 142 valence electrons. The molecule has 0 aliphatic heterocycles. The molecule has 0 aliphatic carbocycles. The highest BCUT2D eigenvalue weighted by Gasteiger charge is 2.07. The Kier molecular flexibility index (Phi) is 6.16. The van der Waals surface area contributed by atoms with Crippen LogP contribution < -0.4 is 10.6 Å². The van der Waals surface area contributed by atoms with Gasteiger partial charge in [0, 0.05) is 33.7 Å². The Labute approximate surface area is 169 Å². The van der Waals surface area contributed by atoms with Crippen LogP contribution >= 0.6 is 11.8 Å². The van der Waals surface area contributed by atoms with E-state index in [2.05, 4.69) is 42.7 Å². The van der Waals surface area contributed by atoms with Gasteiger partial charge in [-0.05, 0) is 85.6 Å². The maximum Gasteiger partial charge on any atom is 0.255 e. The number of carbonyl (C=O) groups excluding carboxylic acids is 2. The molecule has 0 fully saturated rings. The monoisotopic (exact) mass is 390 g/mol.